The summed E-state index contributed by atoms with van der Waals surface area (Å²) in [6, 6.07) is 8.58. The smallest absolute Gasteiger partial charge is 0.338 e. The molecule has 2 saturated carbocycles. The van der Waals surface area contributed by atoms with E-state index in [0.717, 1.165) is 0 Å². The zero-order chi connectivity index (χ0) is 29.2. The Hall–Kier alpha value is -3.04. The van der Waals surface area contributed by atoms with Crippen molar-refractivity contribution in [2.75, 3.05) is 6.61 Å². The van der Waals surface area contributed by atoms with E-state index in [9.17, 15) is 24.3 Å². The molecule has 0 spiro atoms. The van der Waals surface area contributed by atoms with Crippen molar-refractivity contribution in [3.63, 3.8) is 0 Å². The summed E-state index contributed by atoms with van der Waals surface area (Å²) in [4.78, 5) is 52.3. The third kappa shape index (κ3) is 4.29. The molecule has 9 heteroatoms. The Morgan fingerprint density at radius 2 is 1.65 bits per heavy atom. The second-order valence-electron chi connectivity index (χ2n) is 12.6. The molecule has 8 atom stereocenters. The average molecular weight is 555 g/mol. The lowest BCUT2D eigenvalue weighted by atomic mass is 9.46. The topological polar surface area (TPSA) is 125 Å². The van der Waals surface area contributed by atoms with Gasteiger partial charge in [-0.2, -0.15) is 0 Å². The maximum atomic E-state index is 13.6. The predicted octanol–water partition coefficient (Wildman–Crippen LogP) is 3.57. The molecule has 0 unspecified atom stereocenters. The Bertz CT molecular complexity index is 1270. The minimum absolute atomic E-state index is 0.00511. The second kappa shape index (κ2) is 9.80. The number of aliphatic hydroxyl groups is 1. The highest BCUT2D eigenvalue weighted by molar-refractivity contribution is 5.97. The maximum Gasteiger partial charge on any atom is 0.338 e. The molecule has 3 aliphatic carbocycles. The molecule has 40 heavy (non-hydrogen) atoms. The molecule has 3 fully saturated rings. The lowest BCUT2D eigenvalue weighted by molar-refractivity contribution is -0.333. The van der Waals surface area contributed by atoms with Gasteiger partial charge < -0.3 is 24.1 Å². The molecule has 1 aromatic rings. The number of rotatable bonds is 4. The van der Waals surface area contributed by atoms with Gasteiger partial charge in [-0.15, -0.1) is 0 Å². The number of fused-ring (bicyclic) bond motifs is 5. The van der Waals surface area contributed by atoms with E-state index in [1.807, 2.05) is 20.8 Å². The SMILES string of the molecule is CC(=O)O[C@@H]1C2=C(C)C(=O)C[C@@H]([C@@H](OC(=O)c3ccccc3)[C@H]3[C@@](C)(CC[C@H]4OC[C@]43O)[C@H]1OC(C)=O)C2(C)C. The van der Waals surface area contributed by atoms with Crippen LogP contribution in [0.1, 0.15) is 71.2 Å². The number of carbonyl (C=O) groups is 4. The van der Waals surface area contributed by atoms with Crippen molar-refractivity contribution in [3.8, 4) is 0 Å². The fraction of sp³-hybridized carbons (Fsp3) is 0.613. The van der Waals surface area contributed by atoms with Crippen molar-refractivity contribution in [3.05, 3.63) is 47.0 Å². The molecule has 0 aromatic heterocycles. The molecule has 9 nitrogen and oxygen atoms in total. The monoisotopic (exact) mass is 554 g/mol. The van der Waals surface area contributed by atoms with Crippen LogP contribution in [0.4, 0.5) is 0 Å². The number of ether oxygens (including phenoxy) is 4. The number of benzene rings is 1. The van der Waals surface area contributed by atoms with Crippen LogP contribution in [0.15, 0.2) is 41.5 Å². The highest BCUT2D eigenvalue weighted by Gasteiger charge is 2.71. The quantitative estimate of drug-likeness (QED) is 0.439. The molecule has 1 N–H and O–H groups in total. The van der Waals surface area contributed by atoms with Gasteiger partial charge in [-0.25, -0.2) is 4.79 Å². The summed E-state index contributed by atoms with van der Waals surface area (Å²) in [6.07, 6.45) is -2.58. The summed E-state index contributed by atoms with van der Waals surface area (Å²) in [7, 11) is 0. The molecule has 1 saturated heterocycles. The standard InChI is InChI=1S/C31H38O9/c1-16-21(34)14-20-24(40-28(35)19-10-8-7-9-11-19)26-30(6,13-12-22-31(26,36)15-37-22)27(39-18(3)33)25(38-17(2)32)23(16)29(20,4)5/h7-11,20,22,24-27,36H,12-15H2,1-6H3/t20-,22+,24+,25+,26-,27-,30+,31-/m0/s1. The van der Waals surface area contributed by atoms with Crippen LogP contribution >= 0.6 is 0 Å². The Morgan fingerprint density at radius 1 is 1.00 bits per heavy atom. The molecule has 1 aliphatic heterocycles. The first-order valence-electron chi connectivity index (χ1n) is 13.9. The summed E-state index contributed by atoms with van der Waals surface area (Å²) in [5, 5.41) is 12.2. The fourth-order valence-electron chi connectivity index (χ4n) is 8.01. The number of Topliss-reactive ketones (excluding diaryl/α,β-unsaturated/α-hetero) is 1. The summed E-state index contributed by atoms with van der Waals surface area (Å²) >= 11 is 0. The van der Waals surface area contributed by atoms with Crippen LogP contribution in [0.2, 0.25) is 0 Å². The third-order valence-electron chi connectivity index (χ3n) is 9.89. The number of esters is 3. The maximum absolute atomic E-state index is 13.6. The van der Waals surface area contributed by atoms with Crippen LogP contribution in [0.3, 0.4) is 0 Å². The Labute approximate surface area is 234 Å². The van der Waals surface area contributed by atoms with E-state index in [4.69, 9.17) is 18.9 Å². The largest absolute Gasteiger partial charge is 0.458 e. The fourth-order valence-corrected chi connectivity index (χ4v) is 8.01. The van der Waals surface area contributed by atoms with Gasteiger partial charge in [0.2, 0.25) is 0 Å². The number of allylic oxidation sites excluding steroid dienone is 1. The van der Waals surface area contributed by atoms with Crippen LogP contribution in [0, 0.1) is 22.7 Å². The normalized spacial score (nSPS) is 38.0. The summed E-state index contributed by atoms with van der Waals surface area (Å²) < 4.78 is 24.1. The van der Waals surface area contributed by atoms with Crippen LogP contribution in [0.5, 0.6) is 0 Å². The van der Waals surface area contributed by atoms with Gasteiger partial charge in [-0.05, 0) is 48.5 Å². The molecule has 4 aliphatic rings. The van der Waals surface area contributed by atoms with Crippen LogP contribution in [0.25, 0.3) is 0 Å². The van der Waals surface area contributed by atoms with Crippen molar-refractivity contribution >= 4 is 23.7 Å². The van der Waals surface area contributed by atoms with Crippen molar-refractivity contribution in [1.82, 2.24) is 0 Å². The van der Waals surface area contributed by atoms with Gasteiger partial charge in [0.1, 0.15) is 17.8 Å². The van der Waals surface area contributed by atoms with Gasteiger partial charge in [-0.3, -0.25) is 14.4 Å². The second-order valence-corrected chi connectivity index (χ2v) is 12.6. The van der Waals surface area contributed by atoms with Crippen LogP contribution in [-0.4, -0.2) is 65.4 Å². The van der Waals surface area contributed by atoms with Gasteiger partial charge >= 0.3 is 17.9 Å². The number of carbonyl (C=O) groups excluding carboxylic acids is 4. The molecule has 1 heterocycles. The number of ketones is 1. The van der Waals surface area contributed by atoms with E-state index >= 15 is 0 Å². The van der Waals surface area contributed by atoms with Crippen LogP contribution < -0.4 is 0 Å². The third-order valence-corrected chi connectivity index (χ3v) is 9.89. The molecule has 0 radical (unpaired) electrons. The van der Waals surface area contributed by atoms with Crippen molar-refractivity contribution < 1.29 is 43.2 Å². The van der Waals surface area contributed by atoms with Gasteiger partial charge in [0.25, 0.3) is 0 Å². The number of hydrogen-bond acceptors (Lipinski definition) is 9. The first kappa shape index (κ1) is 28.5. The highest BCUT2D eigenvalue weighted by Crippen LogP contribution is 2.63. The van der Waals surface area contributed by atoms with E-state index in [-0.39, 0.29) is 18.8 Å². The molecular weight excluding hydrogens is 516 g/mol. The molecule has 1 aromatic carbocycles. The van der Waals surface area contributed by atoms with Crippen molar-refractivity contribution in [1.29, 1.82) is 0 Å². The number of hydrogen-bond donors (Lipinski definition) is 1. The average Bonchev–Trinajstić information content (AvgIpc) is 2.86. The lowest BCUT2D eigenvalue weighted by Gasteiger charge is -2.65. The first-order chi connectivity index (χ1) is 18.7. The Kier molecular flexibility index (Phi) is 6.98. The molecule has 2 bridgehead atoms. The van der Waals surface area contributed by atoms with Crippen molar-refractivity contribution in [2.45, 2.75) is 90.8 Å². The van der Waals surface area contributed by atoms with Gasteiger partial charge in [-0.1, -0.05) is 39.0 Å². The van der Waals surface area contributed by atoms with Crippen LogP contribution in [-0.2, 0) is 33.3 Å². The molecule has 216 valence electrons. The molecule has 0 amide bonds. The zero-order valence-corrected chi connectivity index (χ0v) is 23.9. The van der Waals surface area contributed by atoms with Gasteiger partial charge in [0, 0.05) is 37.5 Å². The Morgan fingerprint density at radius 3 is 2.23 bits per heavy atom. The predicted molar refractivity (Wildman–Crippen MR) is 142 cm³/mol. The Balaban J connectivity index is 1.77. The zero-order valence-electron chi connectivity index (χ0n) is 23.9. The summed E-state index contributed by atoms with van der Waals surface area (Å²) in [6.45, 7) is 10.0. The summed E-state index contributed by atoms with van der Waals surface area (Å²) in [5.41, 5.74) is -1.93. The van der Waals surface area contributed by atoms with Gasteiger partial charge in [0.05, 0.1) is 18.3 Å². The highest BCUT2D eigenvalue weighted by atomic mass is 16.6. The minimum atomic E-state index is -1.42. The minimum Gasteiger partial charge on any atom is -0.458 e. The van der Waals surface area contributed by atoms with E-state index in [1.54, 1.807) is 37.3 Å². The summed E-state index contributed by atoms with van der Waals surface area (Å²) in [5.74, 6) is -3.27. The van der Waals surface area contributed by atoms with E-state index in [0.29, 0.717) is 29.6 Å². The van der Waals surface area contributed by atoms with Gasteiger partial charge in [0.15, 0.2) is 11.9 Å². The first-order valence-corrected chi connectivity index (χ1v) is 13.9. The van der Waals surface area contributed by atoms with Crippen molar-refractivity contribution in [2.24, 2.45) is 22.7 Å². The van der Waals surface area contributed by atoms with E-state index in [2.05, 4.69) is 0 Å². The molecular formula is C31H38O9. The van der Waals surface area contributed by atoms with E-state index in [1.165, 1.54) is 13.8 Å². The molecule has 5 rings (SSSR count). The van der Waals surface area contributed by atoms with E-state index < -0.39 is 70.6 Å². The lowest BCUT2D eigenvalue weighted by Crippen LogP contribution is -2.76.